The van der Waals surface area contributed by atoms with Crippen molar-refractivity contribution in [3.63, 3.8) is 0 Å². The summed E-state index contributed by atoms with van der Waals surface area (Å²) in [7, 11) is 1.77. The average molecular weight is 342 g/mol. The molecule has 1 saturated heterocycles. The Balaban J connectivity index is 2.30. The van der Waals surface area contributed by atoms with Gasteiger partial charge in [-0.3, -0.25) is 4.99 Å². The first-order chi connectivity index (χ1) is 11.4. The predicted molar refractivity (Wildman–Crippen MR) is 103 cm³/mol. The van der Waals surface area contributed by atoms with Crippen LogP contribution in [0.5, 0.6) is 0 Å². The smallest absolute Gasteiger partial charge is 0.191 e. The monoisotopic (exact) mass is 341 g/mol. The summed E-state index contributed by atoms with van der Waals surface area (Å²) in [4.78, 5) is 7.23. The van der Waals surface area contributed by atoms with Gasteiger partial charge in [0.15, 0.2) is 5.96 Å². The SMILES string of the molecule is CCNC(=NCCNC(C)(C)C)NC1CCN(CCCOC)CC1. The van der Waals surface area contributed by atoms with Gasteiger partial charge in [0.05, 0.1) is 6.54 Å². The van der Waals surface area contributed by atoms with Gasteiger partial charge in [0.1, 0.15) is 0 Å². The number of ether oxygens (including phenoxy) is 1. The normalized spacial score (nSPS) is 18.0. The van der Waals surface area contributed by atoms with Crippen LogP contribution in [0.1, 0.15) is 47.0 Å². The Labute approximate surface area is 148 Å². The highest BCUT2D eigenvalue weighted by Crippen LogP contribution is 2.10. The highest BCUT2D eigenvalue weighted by molar-refractivity contribution is 5.80. The second kappa shape index (κ2) is 11.7. The van der Waals surface area contributed by atoms with E-state index in [1.54, 1.807) is 7.11 Å². The minimum atomic E-state index is 0.150. The van der Waals surface area contributed by atoms with Crippen LogP contribution in [-0.2, 0) is 4.74 Å². The van der Waals surface area contributed by atoms with E-state index in [-0.39, 0.29) is 5.54 Å². The molecule has 0 aromatic heterocycles. The molecule has 1 rings (SSSR count). The first kappa shape index (κ1) is 21.2. The van der Waals surface area contributed by atoms with Gasteiger partial charge >= 0.3 is 0 Å². The molecule has 6 heteroatoms. The lowest BCUT2D eigenvalue weighted by atomic mass is 10.1. The molecule has 0 saturated carbocycles. The largest absolute Gasteiger partial charge is 0.385 e. The summed E-state index contributed by atoms with van der Waals surface area (Å²) in [6, 6.07) is 0.525. The lowest BCUT2D eigenvalue weighted by Gasteiger charge is -2.33. The third kappa shape index (κ3) is 10.1. The molecule has 0 radical (unpaired) electrons. The van der Waals surface area contributed by atoms with E-state index in [1.807, 2.05) is 0 Å². The minimum Gasteiger partial charge on any atom is -0.385 e. The van der Waals surface area contributed by atoms with E-state index in [4.69, 9.17) is 9.73 Å². The van der Waals surface area contributed by atoms with Crippen molar-refractivity contribution in [2.75, 3.05) is 53.0 Å². The predicted octanol–water partition coefficient (Wildman–Crippen LogP) is 1.43. The molecular formula is C18H39N5O. The summed E-state index contributed by atoms with van der Waals surface area (Å²) in [5.74, 6) is 0.950. The number of methoxy groups -OCH3 is 1. The van der Waals surface area contributed by atoms with E-state index >= 15 is 0 Å². The third-order valence-electron chi connectivity index (χ3n) is 4.13. The van der Waals surface area contributed by atoms with E-state index in [1.165, 1.54) is 12.8 Å². The van der Waals surface area contributed by atoms with Crippen molar-refractivity contribution in [3.8, 4) is 0 Å². The standard InChI is InChI=1S/C18H39N5O/c1-6-19-17(20-10-11-21-18(2,3)4)22-16-8-13-23(14-9-16)12-7-15-24-5/h16,21H,6-15H2,1-5H3,(H2,19,20,22). The fraction of sp³-hybridized carbons (Fsp3) is 0.944. The van der Waals surface area contributed by atoms with Crippen molar-refractivity contribution >= 4 is 5.96 Å². The van der Waals surface area contributed by atoms with Crippen molar-refractivity contribution in [1.82, 2.24) is 20.9 Å². The average Bonchev–Trinajstić information content (AvgIpc) is 2.52. The molecule has 6 nitrogen and oxygen atoms in total. The van der Waals surface area contributed by atoms with Crippen LogP contribution in [-0.4, -0.2) is 75.4 Å². The van der Waals surface area contributed by atoms with Crippen LogP contribution < -0.4 is 16.0 Å². The summed E-state index contributed by atoms with van der Waals surface area (Å²) < 4.78 is 5.13. The van der Waals surface area contributed by atoms with Gasteiger partial charge in [0.25, 0.3) is 0 Å². The van der Waals surface area contributed by atoms with E-state index < -0.39 is 0 Å². The highest BCUT2D eigenvalue weighted by Gasteiger charge is 2.19. The van der Waals surface area contributed by atoms with Crippen molar-refractivity contribution < 1.29 is 4.74 Å². The molecule has 1 aliphatic heterocycles. The Hall–Kier alpha value is -0.850. The molecule has 1 heterocycles. The van der Waals surface area contributed by atoms with Crippen LogP contribution in [0.25, 0.3) is 0 Å². The Bertz CT molecular complexity index is 346. The zero-order chi connectivity index (χ0) is 17.8. The number of nitrogens with one attached hydrogen (secondary N) is 3. The zero-order valence-electron chi connectivity index (χ0n) is 16.5. The van der Waals surface area contributed by atoms with Crippen molar-refractivity contribution in [1.29, 1.82) is 0 Å². The van der Waals surface area contributed by atoms with Crippen LogP contribution in [0, 0.1) is 0 Å². The van der Waals surface area contributed by atoms with Crippen LogP contribution in [0.2, 0.25) is 0 Å². The van der Waals surface area contributed by atoms with E-state index in [0.717, 1.165) is 58.3 Å². The molecule has 0 atom stereocenters. The summed E-state index contributed by atoms with van der Waals surface area (Å²) in [6.07, 6.45) is 3.48. The van der Waals surface area contributed by atoms with Gasteiger partial charge in [0, 0.05) is 58.0 Å². The maximum atomic E-state index is 5.13. The first-order valence-corrected chi connectivity index (χ1v) is 9.45. The molecule has 24 heavy (non-hydrogen) atoms. The number of hydrogen-bond donors (Lipinski definition) is 3. The quantitative estimate of drug-likeness (QED) is 0.336. The molecule has 0 bridgehead atoms. The van der Waals surface area contributed by atoms with Crippen molar-refractivity contribution in [3.05, 3.63) is 0 Å². The summed E-state index contributed by atoms with van der Waals surface area (Å²) >= 11 is 0. The Morgan fingerprint density at radius 3 is 2.54 bits per heavy atom. The second-order valence-corrected chi connectivity index (χ2v) is 7.54. The van der Waals surface area contributed by atoms with Crippen LogP contribution in [0.4, 0.5) is 0 Å². The molecule has 1 aliphatic rings. The number of hydrogen-bond acceptors (Lipinski definition) is 4. The van der Waals surface area contributed by atoms with Gasteiger partial charge in [-0.1, -0.05) is 0 Å². The van der Waals surface area contributed by atoms with E-state index in [0.29, 0.717) is 6.04 Å². The molecule has 1 fully saturated rings. The maximum absolute atomic E-state index is 5.13. The number of piperidine rings is 1. The van der Waals surface area contributed by atoms with Gasteiger partial charge in [-0.2, -0.15) is 0 Å². The minimum absolute atomic E-state index is 0.150. The Kier molecular flexibility index (Phi) is 10.3. The number of nitrogens with zero attached hydrogens (tertiary/aromatic N) is 2. The lowest BCUT2D eigenvalue weighted by molar-refractivity contribution is 0.155. The molecule has 0 aromatic carbocycles. The zero-order valence-corrected chi connectivity index (χ0v) is 16.5. The van der Waals surface area contributed by atoms with Gasteiger partial charge in [0.2, 0.25) is 0 Å². The molecule has 0 aliphatic carbocycles. The third-order valence-corrected chi connectivity index (χ3v) is 4.13. The van der Waals surface area contributed by atoms with Crippen LogP contribution >= 0.6 is 0 Å². The van der Waals surface area contributed by atoms with E-state index in [2.05, 4.69) is 48.5 Å². The van der Waals surface area contributed by atoms with Gasteiger partial charge in [-0.25, -0.2) is 0 Å². The Morgan fingerprint density at radius 2 is 1.96 bits per heavy atom. The van der Waals surface area contributed by atoms with Crippen LogP contribution in [0.3, 0.4) is 0 Å². The second-order valence-electron chi connectivity index (χ2n) is 7.54. The molecular weight excluding hydrogens is 302 g/mol. The van der Waals surface area contributed by atoms with Crippen molar-refractivity contribution in [2.24, 2.45) is 4.99 Å². The van der Waals surface area contributed by atoms with Gasteiger partial charge < -0.3 is 25.6 Å². The lowest BCUT2D eigenvalue weighted by Crippen LogP contribution is -2.49. The molecule has 0 spiro atoms. The first-order valence-electron chi connectivity index (χ1n) is 9.45. The number of rotatable bonds is 9. The van der Waals surface area contributed by atoms with E-state index in [9.17, 15) is 0 Å². The summed E-state index contributed by atoms with van der Waals surface area (Å²) in [5.41, 5.74) is 0.150. The number of guanidine groups is 1. The summed E-state index contributed by atoms with van der Waals surface area (Å²) in [5, 5.41) is 10.4. The fourth-order valence-electron chi connectivity index (χ4n) is 2.85. The van der Waals surface area contributed by atoms with Crippen molar-refractivity contribution in [2.45, 2.75) is 58.5 Å². The maximum Gasteiger partial charge on any atom is 0.191 e. The fourth-order valence-corrected chi connectivity index (χ4v) is 2.85. The van der Waals surface area contributed by atoms with Gasteiger partial charge in [-0.15, -0.1) is 0 Å². The van der Waals surface area contributed by atoms with Gasteiger partial charge in [-0.05, 0) is 47.0 Å². The Morgan fingerprint density at radius 1 is 1.25 bits per heavy atom. The molecule has 142 valence electrons. The molecule has 3 N–H and O–H groups in total. The molecule has 0 unspecified atom stereocenters. The van der Waals surface area contributed by atoms with Crippen LogP contribution in [0.15, 0.2) is 4.99 Å². The topological polar surface area (TPSA) is 60.9 Å². The highest BCUT2D eigenvalue weighted by atomic mass is 16.5. The number of aliphatic imine (C=N–C) groups is 1. The number of likely N-dealkylation sites (tertiary alicyclic amines) is 1. The molecule has 0 amide bonds. The molecule has 0 aromatic rings. The summed E-state index contributed by atoms with van der Waals surface area (Å²) in [6.45, 7) is 15.6.